The highest BCUT2D eigenvalue weighted by Gasteiger charge is 2.15. The molecule has 1 amide bonds. The van der Waals surface area contributed by atoms with E-state index in [1.807, 2.05) is 0 Å². The third kappa shape index (κ3) is 2.74. The first-order chi connectivity index (χ1) is 9.06. The largest absolute Gasteiger partial charge is 0.396 e. The summed E-state index contributed by atoms with van der Waals surface area (Å²) in [4.78, 5) is 11.2. The summed E-state index contributed by atoms with van der Waals surface area (Å²) in [5.41, 5.74) is 12.9. The van der Waals surface area contributed by atoms with Crippen molar-refractivity contribution in [3.05, 3.63) is 28.4 Å². The molecule has 0 saturated heterocycles. The summed E-state index contributed by atoms with van der Waals surface area (Å²) >= 11 is 8.50. The number of primary amides is 1. The first-order valence-corrected chi connectivity index (χ1v) is 7.55. The van der Waals surface area contributed by atoms with Crippen LogP contribution in [0.2, 0.25) is 5.02 Å². The Morgan fingerprint density at radius 1 is 1.37 bits per heavy atom. The molecule has 0 saturated carbocycles. The number of nitrogens with two attached hydrogens (primary N) is 2. The van der Waals surface area contributed by atoms with Gasteiger partial charge in [0.15, 0.2) is 5.69 Å². The van der Waals surface area contributed by atoms with Gasteiger partial charge in [-0.1, -0.05) is 34.2 Å². The summed E-state index contributed by atoms with van der Waals surface area (Å²) in [6, 6.07) is 3.50. The van der Waals surface area contributed by atoms with Gasteiger partial charge in [-0.25, -0.2) is 0 Å². The van der Waals surface area contributed by atoms with Gasteiger partial charge in [0.25, 0.3) is 5.91 Å². The second-order valence-corrected chi connectivity index (χ2v) is 5.53. The number of carbonyl (C=O) groups excluding carboxylic acids is 1. The topological polar surface area (TPSA) is 94.9 Å². The van der Waals surface area contributed by atoms with Crippen molar-refractivity contribution < 1.29 is 4.79 Å². The van der Waals surface area contributed by atoms with Crippen LogP contribution >= 0.6 is 34.2 Å². The van der Waals surface area contributed by atoms with Crippen molar-refractivity contribution in [2.24, 2.45) is 5.73 Å². The average molecular weight is 391 g/mol. The summed E-state index contributed by atoms with van der Waals surface area (Å²) in [7, 11) is 0. The zero-order chi connectivity index (χ0) is 14.0. The van der Waals surface area contributed by atoms with Gasteiger partial charge in [-0.2, -0.15) is 0 Å². The molecule has 1 heterocycles. The van der Waals surface area contributed by atoms with Gasteiger partial charge >= 0.3 is 0 Å². The number of carbonyl (C=O) groups is 1. The maximum absolute atomic E-state index is 11.2. The number of nitrogens with zero attached hydrogens (tertiary/aromatic N) is 2. The molecule has 0 unspecified atom stereocenters. The number of aryl methyl sites for hydroxylation is 1. The van der Waals surface area contributed by atoms with Crippen LogP contribution < -0.4 is 11.5 Å². The molecular formula is C12H12ClIN4O. The van der Waals surface area contributed by atoms with E-state index in [4.69, 9.17) is 23.1 Å². The smallest absolute Gasteiger partial charge is 0.271 e. The second kappa shape index (κ2) is 5.87. The van der Waals surface area contributed by atoms with Crippen molar-refractivity contribution in [2.75, 3.05) is 10.2 Å². The maximum Gasteiger partial charge on any atom is 0.271 e. The molecule has 7 heteroatoms. The predicted octanol–water partition coefficient (Wildman–Crippen LogP) is 2.33. The van der Waals surface area contributed by atoms with Crippen molar-refractivity contribution in [1.29, 1.82) is 0 Å². The first-order valence-electron chi connectivity index (χ1n) is 5.65. The minimum atomic E-state index is -0.685. The lowest BCUT2D eigenvalue weighted by molar-refractivity contribution is 0.0996. The molecule has 0 aliphatic carbocycles. The number of nitrogen functional groups attached to an aromatic ring is 1. The summed E-state index contributed by atoms with van der Waals surface area (Å²) in [5, 5.41) is 9.17. The van der Waals surface area contributed by atoms with E-state index in [0.717, 1.165) is 22.8 Å². The van der Waals surface area contributed by atoms with Crippen LogP contribution in [-0.2, 0) is 6.42 Å². The van der Waals surface area contributed by atoms with Gasteiger partial charge in [0.05, 0.1) is 11.2 Å². The van der Waals surface area contributed by atoms with Crippen LogP contribution in [0.3, 0.4) is 0 Å². The Bertz CT molecular complexity index is 647. The van der Waals surface area contributed by atoms with Crippen LogP contribution in [-0.4, -0.2) is 20.5 Å². The van der Waals surface area contributed by atoms with Gasteiger partial charge in [-0.15, -0.1) is 10.2 Å². The minimum Gasteiger partial charge on any atom is -0.396 e. The lowest BCUT2D eigenvalue weighted by atomic mass is 10.0. The van der Waals surface area contributed by atoms with Crippen LogP contribution in [0.5, 0.6) is 0 Å². The molecule has 0 spiro atoms. The number of rotatable bonds is 4. The van der Waals surface area contributed by atoms with Crippen LogP contribution in [0.1, 0.15) is 22.5 Å². The van der Waals surface area contributed by atoms with E-state index >= 15 is 0 Å². The molecule has 100 valence electrons. The third-order valence-corrected chi connectivity index (χ3v) is 3.93. The zero-order valence-corrected chi connectivity index (χ0v) is 12.9. The van der Waals surface area contributed by atoms with E-state index in [2.05, 4.69) is 32.8 Å². The molecule has 0 radical (unpaired) electrons. The molecule has 19 heavy (non-hydrogen) atoms. The summed E-state index contributed by atoms with van der Waals surface area (Å²) in [6.45, 7) is 0. The van der Waals surface area contributed by atoms with Crippen molar-refractivity contribution >= 4 is 56.7 Å². The van der Waals surface area contributed by atoms with Gasteiger partial charge in [-0.05, 0) is 35.0 Å². The molecule has 1 aromatic heterocycles. The molecular weight excluding hydrogens is 379 g/mol. The highest BCUT2D eigenvalue weighted by Crippen LogP contribution is 2.29. The Hall–Kier alpha value is -1.15. The van der Waals surface area contributed by atoms with Crippen LogP contribution in [0.25, 0.3) is 10.9 Å². The number of hydrogen-bond donors (Lipinski definition) is 2. The predicted molar refractivity (Wildman–Crippen MR) is 84.7 cm³/mol. The van der Waals surface area contributed by atoms with E-state index in [9.17, 15) is 4.79 Å². The molecule has 0 atom stereocenters. The van der Waals surface area contributed by atoms with E-state index in [-0.39, 0.29) is 11.4 Å². The first kappa shape index (κ1) is 14.3. The van der Waals surface area contributed by atoms with Crippen molar-refractivity contribution in [2.45, 2.75) is 12.8 Å². The highest BCUT2D eigenvalue weighted by atomic mass is 127. The number of alkyl halides is 1. The Morgan fingerprint density at radius 2 is 2.11 bits per heavy atom. The third-order valence-electron chi connectivity index (χ3n) is 2.81. The quantitative estimate of drug-likeness (QED) is 0.619. The van der Waals surface area contributed by atoms with Gasteiger partial charge in [0, 0.05) is 10.4 Å². The zero-order valence-electron chi connectivity index (χ0n) is 9.99. The lowest BCUT2D eigenvalue weighted by Gasteiger charge is -2.10. The molecule has 0 fully saturated rings. The average Bonchev–Trinajstić information content (AvgIpc) is 2.37. The normalized spacial score (nSPS) is 10.8. The monoisotopic (exact) mass is 390 g/mol. The fourth-order valence-corrected chi connectivity index (χ4v) is 2.52. The van der Waals surface area contributed by atoms with E-state index in [0.29, 0.717) is 15.9 Å². The number of benzene rings is 1. The second-order valence-electron chi connectivity index (χ2n) is 4.04. The van der Waals surface area contributed by atoms with E-state index < -0.39 is 5.91 Å². The van der Waals surface area contributed by atoms with Gasteiger partial charge in [0.2, 0.25) is 0 Å². The Labute approximate surface area is 128 Å². The fourth-order valence-electron chi connectivity index (χ4n) is 1.89. The SMILES string of the molecule is NC(=O)c1nnc2c(CCCI)c(Cl)ccc2c1N. The number of hydrogen-bond acceptors (Lipinski definition) is 4. The summed E-state index contributed by atoms with van der Waals surface area (Å²) < 4.78 is 1.02. The minimum absolute atomic E-state index is 0.00494. The number of fused-ring (bicyclic) bond motifs is 1. The van der Waals surface area contributed by atoms with Gasteiger partial charge in [-0.3, -0.25) is 4.79 Å². The standard InChI is InChI=1S/C12H12ClIN4O/c13-8-4-3-7-9(15)11(12(16)19)18-17-10(7)6(8)2-1-5-14/h3-4H,1-2,5H2,(H2,15,17)(H2,16,19). The fraction of sp³-hybridized carbons (Fsp3) is 0.250. The number of aromatic nitrogens is 2. The molecule has 0 aliphatic heterocycles. The van der Waals surface area contributed by atoms with Crippen LogP contribution in [0, 0.1) is 0 Å². The van der Waals surface area contributed by atoms with Crippen molar-refractivity contribution in [3.8, 4) is 0 Å². The van der Waals surface area contributed by atoms with Crippen molar-refractivity contribution in [1.82, 2.24) is 10.2 Å². The molecule has 5 nitrogen and oxygen atoms in total. The summed E-state index contributed by atoms with van der Waals surface area (Å²) in [6.07, 6.45) is 1.78. The Balaban J connectivity index is 2.67. The number of halogens is 2. The maximum atomic E-state index is 11.2. The van der Waals surface area contributed by atoms with Crippen LogP contribution in [0.15, 0.2) is 12.1 Å². The van der Waals surface area contributed by atoms with E-state index in [1.54, 1.807) is 12.1 Å². The molecule has 4 N–H and O–H groups in total. The molecule has 2 rings (SSSR count). The number of amides is 1. The summed E-state index contributed by atoms with van der Waals surface area (Å²) in [5.74, 6) is -0.685. The van der Waals surface area contributed by atoms with E-state index in [1.165, 1.54) is 0 Å². The molecule has 0 bridgehead atoms. The molecule has 1 aromatic carbocycles. The number of anilines is 1. The molecule has 2 aromatic rings. The Kier molecular flexibility index (Phi) is 4.41. The lowest BCUT2D eigenvalue weighted by Crippen LogP contribution is -2.17. The molecule has 0 aliphatic rings. The van der Waals surface area contributed by atoms with Gasteiger partial charge < -0.3 is 11.5 Å². The van der Waals surface area contributed by atoms with Crippen molar-refractivity contribution in [3.63, 3.8) is 0 Å². The van der Waals surface area contributed by atoms with Gasteiger partial charge in [0.1, 0.15) is 0 Å². The Morgan fingerprint density at radius 3 is 2.74 bits per heavy atom. The highest BCUT2D eigenvalue weighted by molar-refractivity contribution is 14.1. The van der Waals surface area contributed by atoms with Crippen LogP contribution in [0.4, 0.5) is 5.69 Å².